The number of aliphatic hydroxyl groups excluding tert-OH is 1. The minimum absolute atomic E-state index is 0.0213. The molecule has 7 nitrogen and oxygen atoms in total. The predicted molar refractivity (Wildman–Crippen MR) is 137 cm³/mol. The molecule has 9 heteroatoms. The molecule has 0 spiro atoms. The zero-order valence-corrected chi connectivity index (χ0v) is 21.1. The van der Waals surface area contributed by atoms with Crippen LogP contribution >= 0.6 is 23.1 Å². The van der Waals surface area contributed by atoms with E-state index in [1.165, 1.54) is 16.2 Å². The Kier molecular flexibility index (Phi) is 8.58. The van der Waals surface area contributed by atoms with Crippen LogP contribution in [-0.2, 0) is 22.6 Å². The van der Waals surface area contributed by atoms with Crippen molar-refractivity contribution >= 4 is 39.9 Å². The Morgan fingerprint density at radius 1 is 1.06 bits per heavy atom. The molecule has 0 bridgehead atoms. The highest BCUT2D eigenvalue weighted by Crippen LogP contribution is 2.44. The molecule has 34 heavy (non-hydrogen) atoms. The molecule has 2 aromatic heterocycles. The fraction of sp³-hybridized carbons (Fsp3) is 0.360. The maximum atomic E-state index is 13.3. The summed E-state index contributed by atoms with van der Waals surface area (Å²) in [6, 6.07) is 14.3. The highest BCUT2D eigenvalue weighted by molar-refractivity contribution is 8.08. The van der Waals surface area contributed by atoms with Gasteiger partial charge in [0, 0.05) is 36.7 Å². The number of rotatable bonds is 10. The third-order valence-electron chi connectivity index (χ3n) is 5.49. The molecule has 0 fully saturated rings. The van der Waals surface area contributed by atoms with Crippen LogP contribution < -0.4 is 24.2 Å². The molecule has 0 unspecified atom stereocenters. The standard InChI is InChI=1S/C25H30N3O4S2/c1-3-28-22(18-19-8-6-7-11-27(19)12-14-31-16-17-32-15-13-29)34-23(24(28)30)25-26(2)20-9-4-5-10-21(20)33-25/h4-11,18,29H,3,12-17H2,1-2H3/q+1/b25-23+. The lowest BCUT2D eigenvalue weighted by Crippen LogP contribution is -2.39. The Hall–Kier alpha value is -2.43. The Bertz CT molecular complexity index is 1300. The molecule has 0 saturated carbocycles. The molecule has 3 aromatic rings. The molecule has 1 aliphatic heterocycles. The molecular weight excluding hydrogens is 470 g/mol. The summed E-state index contributed by atoms with van der Waals surface area (Å²) >= 11 is 3.19. The summed E-state index contributed by atoms with van der Waals surface area (Å²) < 4.78 is 16.5. The van der Waals surface area contributed by atoms with Crippen molar-refractivity contribution in [2.24, 2.45) is 0 Å². The number of fused-ring (bicyclic) bond motifs is 1. The third kappa shape index (κ3) is 5.45. The first kappa shape index (κ1) is 24.7. The Morgan fingerprint density at radius 3 is 2.59 bits per heavy atom. The topological polar surface area (TPSA) is 67.8 Å². The predicted octanol–water partition coefficient (Wildman–Crippen LogP) is 1.38. The smallest absolute Gasteiger partial charge is 0.271 e. The van der Waals surface area contributed by atoms with Crippen LogP contribution in [0.1, 0.15) is 12.6 Å². The van der Waals surface area contributed by atoms with Crippen molar-refractivity contribution in [3.63, 3.8) is 0 Å². The van der Waals surface area contributed by atoms with Gasteiger partial charge < -0.3 is 19.5 Å². The van der Waals surface area contributed by atoms with Crippen molar-refractivity contribution in [3.05, 3.63) is 73.9 Å². The Morgan fingerprint density at radius 2 is 1.82 bits per heavy atom. The Labute approximate surface area is 207 Å². The molecule has 1 N–H and O–H groups in total. The van der Waals surface area contributed by atoms with Gasteiger partial charge in [-0.25, -0.2) is 0 Å². The molecule has 1 aromatic carbocycles. The number of thioether (sulfide) groups is 1. The van der Waals surface area contributed by atoms with Crippen LogP contribution in [-0.4, -0.2) is 49.8 Å². The lowest BCUT2D eigenvalue weighted by molar-refractivity contribution is -0.700. The van der Waals surface area contributed by atoms with E-state index in [-0.39, 0.29) is 12.2 Å². The van der Waals surface area contributed by atoms with Gasteiger partial charge in [0.2, 0.25) is 5.69 Å². The van der Waals surface area contributed by atoms with E-state index in [0.29, 0.717) is 39.5 Å². The molecule has 0 saturated heterocycles. The minimum Gasteiger partial charge on any atom is -0.394 e. The van der Waals surface area contributed by atoms with E-state index in [1.807, 2.05) is 55.1 Å². The number of nitrogens with zero attached hydrogens (tertiary/aromatic N) is 3. The van der Waals surface area contributed by atoms with Gasteiger partial charge in [0.1, 0.15) is 20.8 Å². The number of aliphatic hydroxyl groups is 1. The van der Waals surface area contributed by atoms with E-state index in [1.54, 1.807) is 11.8 Å². The summed E-state index contributed by atoms with van der Waals surface area (Å²) in [6.45, 7) is 5.16. The van der Waals surface area contributed by atoms with E-state index >= 15 is 0 Å². The van der Waals surface area contributed by atoms with Crippen molar-refractivity contribution in [1.29, 1.82) is 0 Å². The number of hydrogen-bond donors (Lipinski definition) is 1. The zero-order chi connectivity index (χ0) is 23.9. The first-order valence-corrected chi connectivity index (χ1v) is 13.0. The van der Waals surface area contributed by atoms with Gasteiger partial charge in [0.15, 0.2) is 12.7 Å². The van der Waals surface area contributed by atoms with Crippen LogP contribution in [0.2, 0.25) is 0 Å². The van der Waals surface area contributed by atoms with Gasteiger partial charge in [0.05, 0.1) is 32.1 Å². The molecule has 0 atom stereocenters. The molecule has 0 radical (unpaired) electrons. The largest absolute Gasteiger partial charge is 0.394 e. The third-order valence-corrected chi connectivity index (χ3v) is 7.98. The van der Waals surface area contributed by atoms with Gasteiger partial charge in [-0.05, 0) is 25.1 Å². The number of ether oxygens (including phenoxy) is 2. The number of thiazole rings is 1. The number of para-hydroxylation sites is 1. The van der Waals surface area contributed by atoms with E-state index in [9.17, 15) is 4.79 Å². The van der Waals surface area contributed by atoms with E-state index in [0.717, 1.165) is 25.6 Å². The second-order valence-electron chi connectivity index (χ2n) is 7.66. The normalized spacial score (nSPS) is 15.3. The van der Waals surface area contributed by atoms with E-state index < -0.39 is 0 Å². The van der Waals surface area contributed by atoms with Crippen molar-refractivity contribution < 1.29 is 19.1 Å². The van der Waals surface area contributed by atoms with Crippen LogP contribution in [0.25, 0.3) is 11.1 Å². The fourth-order valence-corrected chi connectivity index (χ4v) is 6.23. The van der Waals surface area contributed by atoms with Crippen LogP contribution in [0.5, 0.6) is 0 Å². The maximum Gasteiger partial charge on any atom is 0.271 e. The average molecular weight is 501 g/mol. The van der Waals surface area contributed by atoms with Crippen LogP contribution in [0, 0.1) is 0 Å². The highest BCUT2D eigenvalue weighted by Gasteiger charge is 2.24. The number of aromatic nitrogens is 2. The Balaban J connectivity index is 1.61. The lowest BCUT2D eigenvalue weighted by atomic mass is 10.3. The van der Waals surface area contributed by atoms with Crippen LogP contribution in [0.3, 0.4) is 0 Å². The highest BCUT2D eigenvalue weighted by atomic mass is 32.2. The number of benzene rings is 1. The molecule has 180 valence electrons. The van der Waals surface area contributed by atoms with Gasteiger partial charge in [-0.2, -0.15) is 4.57 Å². The van der Waals surface area contributed by atoms with Gasteiger partial charge >= 0.3 is 0 Å². The number of anilines is 1. The minimum atomic E-state index is 0.0213. The van der Waals surface area contributed by atoms with Crippen LogP contribution in [0.4, 0.5) is 5.69 Å². The summed E-state index contributed by atoms with van der Waals surface area (Å²) in [4.78, 5) is 16.6. The first-order valence-electron chi connectivity index (χ1n) is 11.3. The molecule has 0 amide bonds. The maximum absolute atomic E-state index is 13.3. The first-order chi connectivity index (χ1) is 16.6. The summed E-state index contributed by atoms with van der Waals surface area (Å²) in [5.74, 6) is 0. The van der Waals surface area contributed by atoms with Gasteiger partial charge in [-0.15, -0.1) is 11.3 Å². The molecular formula is C25H30N3O4S2+. The summed E-state index contributed by atoms with van der Waals surface area (Å²) in [5, 5.41) is 9.73. The van der Waals surface area contributed by atoms with Gasteiger partial charge in [-0.1, -0.05) is 23.9 Å². The van der Waals surface area contributed by atoms with E-state index in [2.05, 4.69) is 27.7 Å². The molecule has 4 rings (SSSR count). The second kappa shape index (κ2) is 11.8. The second-order valence-corrected chi connectivity index (χ2v) is 9.73. The lowest BCUT2D eigenvalue weighted by Gasteiger charge is -2.11. The van der Waals surface area contributed by atoms with Crippen molar-refractivity contribution in [3.8, 4) is 0 Å². The fourth-order valence-electron chi connectivity index (χ4n) is 3.77. The quantitative estimate of drug-likeness (QED) is 0.335. The summed E-state index contributed by atoms with van der Waals surface area (Å²) in [6.07, 6.45) is 4.10. The van der Waals surface area contributed by atoms with Gasteiger partial charge in [0.25, 0.3) is 5.56 Å². The van der Waals surface area contributed by atoms with Gasteiger partial charge in [-0.3, -0.25) is 9.36 Å². The van der Waals surface area contributed by atoms with E-state index in [4.69, 9.17) is 14.6 Å². The molecule has 1 aliphatic rings. The monoisotopic (exact) mass is 500 g/mol. The van der Waals surface area contributed by atoms with Crippen LogP contribution in [0.15, 0.2) is 58.4 Å². The van der Waals surface area contributed by atoms with Crippen molar-refractivity contribution in [1.82, 2.24) is 4.57 Å². The van der Waals surface area contributed by atoms with Crippen molar-refractivity contribution in [2.75, 3.05) is 45.0 Å². The number of pyridine rings is 1. The summed E-state index contributed by atoms with van der Waals surface area (Å²) in [7, 11) is 2.02. The molecule has 0 aliphatic carbocycles. The summed E-state index contributed by atoms with van der Waals surface area (Å²) in [5.41, 5.74) is 2.19. The molecule has 3 heterocycles. The van der Waals surface area contributed by atoms with Crippen molar-refractivity contribution in [2.45, 2.75) is 24.9 Å². The average Bonchev–Trinajstić information content (AvgIpc) is 3.35. The zero-order valence-electron chi connectivity index (χ0n) is 19.5. The SMILES string of the molecule is CCn1c(=O)/c(=C2\Sc3ccccc3N2C)s/c1=C\c1cccc[n+]1CCOCCOCCO. The number of hydrogen-bond acceptors (Lipinski definition) is 7.